The Labute approximate surface area is 322 Å². The highest BCUT2D eigenvalue weighted by Crippen LogP contribution is 2.43. The van der Waals surface area contributed by atoms with E-state index >= 15 is 0 Å². The lowest BCUT2D eigenvalue weighted by Gasteiger charge is -2.27. The summed E-state index contributed by atoms with van der Waals surface area (Å²) in [6.45, 7) is 0. The van der Waals surface area contributed by atoms with E-state index in [0.717, 1.165) is 50.1 Å². The van der Waals surface area contributed by atoms with Crippen molar-refractivity contribution >= 4 is 81.3 Å². The van der Waals surface area contributed by atoms with Crippen LogP contribution in [0.1, 0.15) is 0 Å². The normalized spacial score (nSPS) is 11.6. The molecule has 11 aromatic rings. The van der Waals surface area contributed by atoms with E-state index in [9.17, 15) is 0 Å². The first-order valence-electron chi connectivity index (χ1n) is 18.7. The summed E-state index contributed by atoms with van der Waals surface area (Å²) in [7, 11) is 0. The van der Waals surface area contributed by atoms with E-state index in [0.29, 0.717) is 0 Å². The average Bonchev–Trinajstić information content (AvgIpc) is 3.82. The van der Waals surface area contributed by atoms with Crippen LogP contribution in [-0.4, -0.2) is 0 Å². The second-order valence-corrected chi connectivity index (χ2v) is 15.2. The van der Waals surface area contributed by atoms with Gasteiger partial charge in [-0.15, -0.1) is 11.3 Å². The van der Waals surface area contributed by atoms with Crippen molar-refractivity contribution < 1.29 is 4.42 Å². The van der Waals surface area contributed by atoms with Crippen LogP contribution in [0, 0.1) is 0 Å². The number of benzene rings is 9. The molecule has 0 saturated carbocycles. The van der Waals surface area contributed by atoms with Crippen LogP contribution in [0.3, 0.4) is 0 Å². The zero-order chi connectivity index (χ0) is 36.3. The van der Waals surface area contributed by atoms with Crippen molar-refractivity contribution in [2.24, 2.45) is 0 Å². The maximum Gasteiger partial charge on any atom is 0.136 e. The van der Waals surface area contributed by atoms with Crippen LogP contribution < -0.4 is 4.90 Å². The van der Waals surface area contributed by atoms with Gasteiger partial charge in [0.2, 0.25) is 0 Å². The van der Waals surface area contributed by atoms with Crippen molar-refractivity contribution in [2.75, 3.05) is 4.90 Å². The number of fused-ring (bicyclic) bond motifs is 7. The van der Waals surface area contributed by atoms with Gasteiger partial charge in [0.1, 0.15) is 11.2 Å². The van der Waals surface area contributed by atoms with E-state index in [4.69, 9.17) is 4.42 Å². The topological polar surface area (TPSA) is 16.4 Å². The number of anilines is 3. The number of nitrogens with zero attached hydrogens (tertiary/aromatic N) is 1. The third kappa shape index (κ3) is 5.40. The Morgan fingerprint density at radius 3 is 1.82 bits per heavy atom. The molecule has 2 heterocycles. The third-order valence-electron chi connectivity index (χ3n) is 10.9. The highest BCUT2D eigenvalue weighted by atomic mass is 32.1. The molecule has 9 aromatic carbocycles. The summed E-state index contributed by atoms with van der Waals surface area (Å²) in [6.07, 6.45) is 0. The number of rotatable bonds is 6. The zero-order valence-electron chi connectivity index (χ0n) is 29.8. The van der Waals surface area contributed by atoms with Crippen LogP contribution in [-0.2, 0) is 0 Å². The summed E-state index contributed by atoms with van der Waals surface area (Å²) in [5.41, 5.74) is 12.2. The van der Waals surface area contributed by atoms with Gasteiger partial charge < -0.3 is 9.32 Å². The molecule has 0 aliphatic rings. The molecule has 2 nitrogen and oxygen atoms in total. The molecule has 0 aliphatic carbocycles. The number of hydrogen-bond acceptors (Lipinski definition) is 3. The van der Waals surface area contributed by atoms with Gasteiger partial charge >= 0.3 is 0 Å². The lowest BCUT2D eigenvalue weighted by Crippen LogP contribution is -2.10. The van der Waals surface area contributed by atoms with Crippen LogP contribution in [0.25, 0.3) is 86.3 Å². The summed E-state index contributed by atoms with van der Waals surface area (Å²) in [5.74, 6) is 0. The molecule has 55 heavy (non-hydrogen) atoms. The molecule has 258 valence electrons. The fourth-order valence-electron chi connectivity index (χ4n) is 8.27. The minimum atomic E-state index is 0.896. The second-order valence-electron chi connectivity index (χ2n) is 14.1. The zero-order valence-corrected chi connectivity index (χ0v) is 30.6. The Morgan fingerprint density at radius 2 is 0.945 bits per heavy atom. The fourth-order valence-corrected chi connectivity index (χ4v) is 9.40. The van der Waals surface area contributed by atoms with Gasteiger partial charge in [-0.1, -0.05) is 133 Å². The first kappa shape index (κ1) is 31.6. The van der Waals surface area contributed by atoms with Gasteiger partial charge in [0.25, 0.3) is 0 Å². The Hall–Kier alpha value is -6.94. The average molecular weight is 720 g/mol. The molecule has 0 N–H and O–H groups in total. The fraction of sp³-hybridized carbons (Fsp3) is 0. The van der Waals surface area contributed by atoms with Gasteiger partial charge in [0.05, 0.1) is 0 Å². The highest BCUT2D eigenvalue weighted by molar-refractivity contribution is 7.25. The lowest BCUT2D eigenvalue weighted by atomic mass is 9.97. The minimum absolute atomic E-state index is 0.896. The Morgan fingerprint density at radius 1 is 0.345 bits per heavy atom. The molecule has 2 aromatic heterocycles. The molecular formula is C52H33NOS. The van der Waals surface area contributed by atoms with Gasteiger partial charge in [-0.05, 0) is 111 Å². The maximum atomic E-state index is 6.30. The predicted molar refractivity (Wildman–Crippen MR) is 235 cm³/mol. The van der Waals surface area contributed by atoms with E-state index in [-0.39, 0.29) is 0 Å². The van der Waals surface area contributed by atoms with Crippen molar-refractivity contribution in [1.82, 2.24) is 0 Å². The van der Waals surface area contributed by atoms with Crippen molar-refractivity contribution in [1.29, 1.82) is 0 Å². The molecule has 0 aliphatic heterocycles. The lowest BCUT2D eigenvalue weighted by molar-refractivity contribution is 0.669. The second kappa shape index (κ2) is 12.9. The van der Waals surface area contributed by atoms with E-state index in [1.807, 2.05) is 23.5 Å². The Kier molecular flexibility index (Phi) is 7.39. The molecule has 3 heteroatoms. The minimum Gasteiger partial charge on any atom is -0.456 e. The van der Waals surface area contributed by atoms with Crippen LogP contribution >= 0.6 is 11.3 Å². The summed E-state index contributed by atoms with van der Waals surface area (Å²) in [6, 6.07) is 72.3. The Bertz CT molecular complexity index is 3220. The Balaban J connectivity index is 1.06. The van der Waals surface area contributed by atoms with Gasteiger partial charge in [-0.25, -0.2) is 0 Å². The molecule has 0 spiro atoms. The molecule has 0 bridgehead atoms. The highest BCUT2D eigenvalue weighted by Gasteiger charge is 2.18. The summed E-state index contributed by atoms with van der Waals surface area (Å²) < 4.78 is 8.92. The summed E-state index contributed by atoms with van der Waals surface area (Å²) in [4.78, 5) is 2.38. The number of thiophene rings is 1. The smallest absolute Gasteiger partial charge is 0.136 e. The summed E-state index contributed by atoms with van der Waals surface area (Å²) >= 11 is 1.86. The van der Waals surface area contributed by atoms with E-state index in [1.165, 1.54) is 53.2 Å². The number of para-hydroxylation sites is 1. The van der Waals surface area contributed by atoms with Crippen molar-refractivity contribution in [3.05, 3.63) is 200 Å². The van der Waals surface area contributed by atoms with Crippen molar-refractivity contribution in [3.8, 4) is 33.4 Å². The van der Waals surface area contributed by atoms with Gasteiger partial charge in [-0.3, -0.25) is 0 Å². The van der Waals surface area contributed by atoms with Crippen LogP contribution in [0.4, 0.5) is 17.1 Å². The van der Waals surface area contributed by atoms with E-state index in [2.05, 4.69) is 193 Å². The van der Waals surface area contributed by atoms with Gasteiger partial charge in [0, 0.05) is 48.0 Å². The molecule has 0 unspecified atom stereocenters. The SMILES string of the molecule is c1cc(-c2ccc3c(c2)oc2ccccc23)cc(N(c2ccc(-c3cccc4ccccc34)cc2)c2cccc(-c3cccc4sc5ccccc5c34)c2)c1. The van der Waals surface area contributed by atoms with Gasteiger partial charge in [-0.2, -0.15) is 0 Å². The largest absolute Gasteiger partial charge is 0.456 e. The summed E-state index contributed by atoms with van der Waals surface area (Å²) in [5, 5.41) is 7.39. The van der Waals surface area contributed by atoms with E-state index < -0.39 is 0 Å². The van der Waals surface area contributed by atoms with Crippen LogP contribution in [0.5, 0.6) is 0 Å². The van der Waals surface area contributed by atoms with Crippen molar-refractivity contribution in [3.63, 3.8) is 0 Å². The number of hydrogen-bond donors (Lipinski definition) is 0. The van der Waals surface area contributed by atoms with Crippen LogP contribution in [0.15, 0.2) is 205 Å². The monoisotopic (exact) mass is 719 g/mol. The molecule has 0 atom stereocenters. The number of furan rings is 1. The maximum absolute atomic E-state index is 6.30. The molecule has 11 rings (SSSR count). The van der Waals surface area contributed by atoms with E-state index in [1.54, 1.807) is 0 Å². The first-order chi connectivity index (χ1) is 27.2. The van der Waals surface area contributed by atoms with Crippen molar-refractivity contribution in [2.45, 2.75) is 0 Å². The quantitative estimate of drug-likeness (QED) is 0.170. The molecular weight excluding hydrogens is 687 g/mol. The standard InChI is InChI=1S/C52H33NOS/c1-2-17-42-34(11-1)12-9-20-43(42)35-25-28-39(29-26-35)53(40-15-7-13-36(31-40)37-27-30-46-45-18-3-5-22-48(45)54-49(46)33-37)41-16-8-14-38(32-41)44-21-10-24-51-52(44)47-19-4-6-23-50(47)55-51/h1-33H. The molecule has 0 amide bonds. The molecule has 0 radical (unpaired) electrons. The van der Waals surface area contributed by atoms with Crippen LogP contribution in [0.2, 0.25) is 0 Å². The first-order valence-corrected chi connectivity index (χ1v) is 19.5. The molecule has 0 saturated heterocycles. The van der Waals surface area contributed by atoms with Gasteiger partial charge in [0.15, 0.2) is 0 Å². The third-order valence-corrected chi connectivity index (χ3v) is 12.0. The molecule has 0 fully saturated rings. The predicted octanol–water partition coefficient (Wildman–Crippen LogP) is 15.6.